The van der Waals surface area contributed by atoms with Crippen molar-refractivity contribution in [1.29, 1.82) is 0 Å². The Balaban J connectivity index is 1.79. The Morgan fingerprint density at radius 1 is 1.36 bits per heavy atom. The van der Waals surface area contributed by atoms with Crippen molar-refractivity contribution < 1.29 is 4.79 Å². The summed E-state index contributed by atoms with van der Waals surface area (Å²) < 4.78 is 0. The number of amides is 1. The van der Waals surface area contributed by atoms with E-state index in [0.29, 0.717) is 6.04 Å². The minimum Gasteiger partial charge on any atom is -0.341 e. The Labute approximate surface area is 85.8 Å². The molecule has 0 bridgehead atoms. The third kappa shape index (κ3) is 2.71. The lowest BCUT2D eigenvalue weighted by atomic mass is 10.2. The number of hydrogen-bond acceptors (Lipinski definition) is 2. The zero-order chi connectivity index (χ0) is 9.97. The molecular weight excluding hydrogens is 176 g/mol. The molecule has 1 aliphatic carbocycles. The molecule has 3 heteroatoms. The molecule has 1 saturated carbocycles. The summed E-state index contributed by atoms with van der Waals surface area (Å²) in [5.41, 5.74) is 0. The highest BCUT2D eigenvalue weighted by Crippen LogP contribution is 2.29. The van der Waals surface area contributed by atoms with Gasteiger partial charge in [0.2, 0.25) is 5.91 Å². The molecule has 14 heavy (non-hydrogen) atoms. The van der Waals surface area contributed by atoms with E-state index >= 15 is 0 Å². The highest BCUT2D eigenvalue weighted by atomic mass is 16.2. The Hall–Kier alpha value is -0.570. The van der Waals surface area contributed by atoms with Gasteiger partial charge in [0, 0.05) is 26.1 Å². The molecule has 1 atom stereocenters. The molecule has 0 spiro atoms. The SMILES string of the molecule is CC(=O)N(CC1CC1)CC1CCCN1. The first-order chi connectivity index (χ1) is 6.75. The van der Waals surface area contributed by atoms with Gasteiger partial charge < -0.3 is 10.2 Å². The van der Waals surface area contributed by atoms with E-state index in [1.165, 1.54) is 25.7 Å². The van der Waals surface area contributed by atoms with Crippen molar-refractivity contribution >= 4 is 5.91 Å². The summed E-state index contributed by atoms with van der Waals surface area (Å²) in [6.07, 6.45) is 5.14. The van der Waals surface area contributed by atoms with Gasteiger partial charge in [-0.3, -0.25) is 4.79 Å². The molecule has 2 rings (SSSR count). The van der Waals surface area contributed by atoms with Crippen LogP contribution in [0.4, 0.5) is 0 Å². The van der Waals surface area contributed by atoms with Crippen molar-refractivity contribution in [3.63, 3.8) is 0 Å². The zero-order valence-corrected chi connectivity index (χ0v) is 8.96. The molecule has 0 radical (unpaired) electrons. The van der Waals surface area contributed by atoms with Crippen LogP contribution in [0.25, 0.3) is 0 Å². The first-order valence-corrected chi connectivity index (χ1v) is 5.74. The molecule has 0 aromatic rings. The minimum absolute atomic E-state index is 0.241. The van der Waals surface area contributed by atoms with E-state index in [1.807, 2.05) is 4.90 Å². The lowest BCUT2D eigenvalue weighted by Gasteiger charge is -2.24. The zero-order valence-electron chi connectivity index (χ0n) is 8.96. The summed E-state index contributed by atoms with van der Waals surface area (Å²) in [6, 6.07) is 0.553. The van der Waals surface area contributed by atoms with Crippen LogP contribution in [0.2, 0.25) is 0 Å². The number of rotatable bonds is 4. The second-order valence-corrected chi connectivity index (χ2v) is 4.66. The van der Waals surface area contributed by atoms with Crippen LogP contribution in [0, 0.1) is 5.92 Å². The quantitative estimate of drug-likeness (QED) is 0.727. The maximum atomic E-state index is 11.4. The summed E-state index contributed by atoms with van der Waals surface area (Å²) in [5.74, 6) is 1.05. The Morgan fingerprint density at radius 3 is 2.64 bits per heavy atom. The van der Waals surface area contributed by atoms with E-state index in [2.05, 4.69) is 5.32 Å². The second kappa shape index (κ2) is 4.30. The lowest BCUT2D eigenvalue weighted by molar-refractivity contribution is -0.129. The molecule has 1 N–H and O–H groups in total. The maximum absolute atomic E-state index is 11.4. The molecule has 1 unspecified atom stereocenters. The maximum Gasteiger partial charge on any atom is 0.219 e. The van der Waals surface area contributed by atoms with Crippen LogP contribution in [0.15, 0.2) is 0 Å². The van der Waals surface area contributed by atoms with Crippen molar-refractivity contribution in [1.82, 2.24) is 10.2 Å². The molecule has 3 nitrogen and oxygen atoms in total. The van der Waals surface area contributed by atoms with Crippen LogP contribution >= 0.6 is 0 Å². The summed E-state index contributed by atoms with van der Waals surface area (Å²) in [6.45, 7) is 4.73. The van der Waals surface area contributed by atoms with E-state index in [4.69, 9.17) is 0 Å². The van der Waals surface area contributed by atoms with E-state index in [-0.39, 0.29) is 5.91 Å². The summed E-state index contributed by atoms with van der Waals surface area (Å²) in [7, 11) is 0. The lowest BCUT2D eigenvalue weighted by Crippen LogP contribution is -2.41. The number of nitrogens with one attached hydrogen (secondary N) is 1. The Kier molecular flexibility index (Phi) is 3.06. The third-order valence-corrected chi connectivity index (χ3v) is 3.22. The van der Waals surface area contributed by atoms with Gasteiger partial charge in [-0.2, -0.15) is 0 Å². The number of hydrogen-bond donors (Lipinski definition) is 1. The highest BCUT2D eigenvalue weighted by molar-refractivity contribution is 5.73. The third-order valence-electron chi connectivity index (χ3n) is 3.22. The van der Waals surface area contributed by atoms with Gasteiger partial charge in [0.05, 0.1) is 0 Å². The molecule has 1 aliphatic heterocycles. The largest absolute Gasteiger partial charge is 0.341 e. The van der Waals surface area contributed by atoms with Crippen molar-refractivity contribution in [2.24, 2.45) is 5.92 Å². The molecule has 80 valence electrons. The van der Waals surface area contributed by atoms with Crippen LogP contribution in [-0.2, 0) is 4.79 Å². The molecule has 1 saturated heterocycles. The van der Waals surface area contributed by atoms with E-state index in [0.717, 1.165) is 25.6 Å². The van der Waals surface area contributed by atoms with E-state index in [1.54, 1.807) is 6.92 Å². The van der Waals surface area contributed by atoms with Crippen molar-refractivity contribution in [3.8, 4) is 0 Å². The first kappa shape index (κ1) is 9.97. The first-order valence-electron chi connectivity index (χ1n) is 5.74. The van der Waals surface area contributed by atoms with Crippen LogP contribution < -0.4 is 5.32 Å². The fourth-order valence-corrected chi connectivity index (χ4v) is 2.12. The van der Waals surface area contributed by atoms with Crippen molar-refractivity contribution in [2.45, 2.75) is 38.6 Å². The van der Waals surface area contributed by atoms with Crippen molar-refractivity contribution in [2.75, 3.05) is 19.6 Å². The molecule has 2 fully saturated rings. The standard InChI is InChI=1S/C11H20N2O/c1-9(14)13(7-10-4-5-10)8-11-3-2-6-12-11/h10-12H,2-8H2,1H3. The van der Waals surface area contributed by atoms with Crippen LogP contribution in [0.1, 0.15) is 32.6 Å². The van der Waals surface area contributed by atoms with E-state index < -0.39 is 0 Å². The van der Waals surface area contributed by atoms with Gasteiger partial charge in [-0.1, -0.05) is 0 Å². The van der Waals surface area contributed by atoms with Gasteiger partial charge in [-0.15, -0.1) is 0 Å². The molecule has 0 aromatic heterocycles. The van der Waals surface area contributed by atoms with Crippen molar-refractivity contribution in [3.05, 3.63) is 0 Å². The molecule has 1 heterocycles. The molecular formula is C11H20N2O. The van der Waals surface area contributed by atoms with Gasteiger partial charge in [0.15, 0.2) is 0 Å². The number of carbonyl (C=O) groups excluding carboxylic acids is 1. The average Bonchev–Trinajstić information content (AvgIpc) is 2.80. The molecule has 2 aliphatic rings. The fourth-order valence-electron chi connectivity index (χ4n) is 2.12. The van der Waals surface area contributed by atoms with Gasteiger partial charge >= 0.3 is 0 Å². The van der Waals surface area contributed by atoms with Crippen LogP contribution in [0.5, 0.6) is 0 Å². The summed E-state index contributed by atoms with van der Waals surface area (Å²) in [4.78, 5) is 13.4. The second-order valence-electron chi connectivity index (χ2n) is 4.66. The van der Waals surface area contributed by atoms with Crippen LogP contribution in [0.3, 0.4) is 0 Å². The normalized spacial score (nSPS) is 26.5. The summed E-state index contributed by atoms with van der Waals surface area (Å²) >= 11 is 0. The topological polar surface area (TPSA) is 32.3 Å². The highest BCUT2D eigenvalue weighted by Gasteiger charge is 2.27. The fraction of sp³-hybridized carbons (Fsp3) is 0.909. The molecule has 0 aromatic carbocycles. The van der Waals surface area contributed by atoms with E-state index in [9.17, 15) is 4.79 Å². The predicted molar refractivity (Wildman–Crippen MR) is 56.0 cm³/mol. The van der Waals surface area contributed by atoms with Gasteiger partial charge in [0.25, 0.3) is 0 Å². The van der Waals surface area contributed by atoms with Crippen LogP contribution in [-0.4, -0.2) is 36.5 Å². The van der Waals surface area contributed by atoms with Gasteiger partial charge in [-0.05, 0) is 38.1 Å². The monoisotopic (exact) mass is 196 g/mol. The van der Waals surface area contributed by atoms with Gasteiger partial charge in [-0.25, -0.2) is 0 Å². The minimum atomic E-state index is 0.241. The average molecular weight is 196 g/mol. The Morgan fingerprint density at radius 2 is 2.14 bits per heavy atom. The summed E-state index contributed by atoms with van der Waals surface area (Å²) in [5, 5.41) is 3.44. The van der Waals surface area contributed by atoms with Gasteiger partial charge in [0.1, 0.15) is 0 Å². The number of nitrogens with zero attached hydrogens (tertiary/aromatic N) is 1. The number of carbonyl (C=O) groups is 1. The molecule has 1 amide bonds. The predicted octanol–water partition coefficient (Wildman–Crippen LogP) is 0.997. The Bertz CT molecular complexity index is 207. The smallest absolute Gasteiger partial charge is 0.219 e.